The molecule has 0 aromatic carbocycles. The van der Waals surface area contributed by atoms with Crippen molar-refractivity contribution in [2.45, 2.75) is 18.9 Å². The first-order valence-electron chi connectivity index (χ1n) is 9.08. The first kappa shape index (κ1) is 24.6. The van der Waals surface area contributed by atoms with Crippen molar-refractivity contribution in [3.63, 3.8) is 0 Å². The summed E-state index contributed by atoms with van der Waals surface area (Å²) in [6, 6.07) is 4.45. The molecule has 2 aliphatic heterocycles. The maximum absolute atomic E-state index is 13.0. The summed E-state index contributed by atoms with van der Waals surface area (Å²) >= 11 is 1.75. The summed E-state index contributed by atoms with van der Waals surface area (Å²) < 4.78 is 10.9. The van der Waals surface area contributed by atoms with Gasteiger partial charge in [0.2, 0.25) is 5.91 Å². The number of carbonyl (C=O) groups is 1. The van der Waals surface area contributed by atoms with Crippen LogP contribution in [-0.2, 0) is 14.3 Å². The third-order valence-corrected chi connectivity index (χ3v) is 6.25. The van der Waals surface area contributed by atoms with Gasteiger partial charge in [-0.25, -0.2) is 0 Å². The van der Waals surface area contributed by atoms with Crippen LogP contribution in [0.15, 0.2) is 17.5 Å². The van der Waals surface area contributed by atoms with Crippen LogP contribution in [0.2, 0.25) is 0 Å². The number of hydrogen-bond acceptors (Lipinski definition) is 6. The lowest BCUT2D eigenvalue weighted by Gasteiger charge is -2.37. The van der Waals surface area contributed by atoms with E-state index >= 15 is 0 Å². The number of thiophene rings is 1. The minimum atomic E-state index is -0.398. The Morgan fingerprint density at radius 2 is 2.07 bits per heavy atom. The van der Waals surface area contributed by atoms with E-state index < -0.39 is 5.41 Å². The summed E-state index contributed by atoms with van der Waals surface area (Å²) in [5, 5.41) is 8.68. The summed E-state index contributed by atoms with van der Waals surface area (Å²) in [5.74, 6) is 0.130. The molecule has 1 unspecified atom stereocenters. The van der Waals surface area contributed by atoms with E-state index in [-0.39, 0.29) is 36.8 Å². The minimum Gasteiger partial charge on any atom is -0.384 e. The van der Waals surface area contributed by atoms with Crippen molar-refractivity contribution < 1.29 is 14.3 Å². The van der Waals surface area contributed by atoms with E-state index in [0.29, 0.717) is 13.2 Å². The Labute approximate surface area is 178 Å². The number of halogens is 2. The molecule has 2 fully saturated rings. The predicted molar refractivity (Wildman–Crippen MR) is 113 cm³/mol. The molecule has 1 aromatic heterocycles. The largest absolute Gasteiger partial charge is 0.384 e. The Bertz CT molecular complexity index is 530. The number of morpholine rings is 1. The molecule has 0 bridgehead atoms. The Balaban J connectivity index is 0.00000182. The average molecular weight is 440 g/mol. The lowest BCUT2D eigenvalue weighted by molar-refractivity contribution is -0.136. The number of carbonyl (C=O) groups excluding carboxylic acids is 1. The molecule has 0 saturated carbocycles. The van der Waals surface area contributed by atoms with E-state index in [9.17, 15) is 4.79 Å². The highest BCUT2D eigenvalue weighted by Crippen LogP contribution is 2.30. The first-order chi connectivity index (χ1) is 12.2. The monoisotopic (exact) mass is 439 g/mol. The average Bonchev–Trinajstić information content (AvgIpc) is 3.18. The number of piperidine rings is 1. The third-order valence-electron chi connectivity index (χ3n) is 5.28. The Hall–Kier alpha value is -0.410. The topological polar surface area (TPSA) is 62.8 Å². The zero-order valence-corrected chi connectivity index (χ0v) is 18.2. The second-order valence-electron chi connectivity index (χ2n) is 6.85. The van der Waals surface area contributed by atoms with E-state index in [1.165, 1.54) is 4.88 Å². The molecule has 3 heterocycles. The Kier molecular flexibility index (Phi) is 11.1. The van der Waals surface area contributed by atoms with Crippen molar-refractivity contribution in [1.82, 2.24) is 15.5 Å². The summed E-state index contributed by atoms with van der Waals surface area (Å²) in [6.45, 7) is 6.20. The van der Waals surface area contributed by atoms with Crippen molar-refractivity contribution in [2.24, 2.45) is 5.41 Å². The molecule has 6 nitrogen and oxygen atoms in total. The molecule has 0 radical (unpaired) electrons. The molecule has 9 heteroatoms. The van der Waals surface area contributed by atoms with Gasteiger partial charge in [0, 0.05) is 31.6 Å². The SMILES string of the molecule is COCC1(C(=O)NCC(c2cccs2)N2CCOCC2)CCNCC1.Cl.Cl. The predicted octanol–water partition coefficient (Wildman–Crippen LogP) is 2.10. The van der Waals surface area contributed by atoms with Gasteiger partial charge in [0.25, 0.3) is 0 Å². The molecule has 0 aliphatic carbocycles. The summed E-state index contributed by atoms with van der Waals surface area (Å²) in [6.07, 6.45) is 1.65. The molecule has 2 saturated heterocycles. The van der Waals surface area contributed by atoms with Crippen LogP contribution in [0.25, 0.3) is 0 Å². The maximum Gasteiger partial charge on any atom is 0.228 e. The van der Waals surface area contributed by atoms with E-state index in [2.05, 4.69) is 33.0 Å². The second-order valence-corrected chi connectivity index (χ2v) is 7.83. The molecule has 3 rings (SSSR count). The summed E-state index contributed by atoms with van der Waals surface area (Å²) in [7, 11) is 1.68. The second kappa shape index (κ2) is 12.2. The van der Waals surface area contributed by atoms with E-state index in [4.69, 9.17) is 9.47 Å². The zero-order chi connectivity index (χ0) is 17.5. The molecular formula is C18H31Cl2N3O3S. The molecular weight excluding hydrogens is 409 g/mol. The minimum absolute atomic E-state index is 0. The standard InChI is InChI=1S/C18H29N3O3S.2ClH/c1-23-14-18(4-6-19-7-5-18)17(22)20-13-15(16-3-2-12-25-16)21-8-10-24-11-9-21;;/h2-3,12,15,19H,4-11,13-14H2,1H3,(H,20,22);2*1H. The number of methoxy groups -OCH3 is 1. The van der Waals surface area contributed by atoms with Gasteiger partial charge in [0.05, 0.1) is 31.3 Å². The van der Waals surface area contributed by atoms with E-state index in [1.54, 1.807) is 18.4 Å². The Morgan fingerprint density at radius 3 is 2.67 bits per heavy atom. The van der Waals surface area contributed by atoms with Gasteiger partial charge in [-0.05, 0) is 37.4 Å². The third kappa shape index (κ3) is 6.29. The molecule has 1 amide bonds. The van der Waals surface area contributed by atoms with E-state index in [0.717, 1.165) is 52.2 Å². The number of ether oxygens (including phenoxy) is 2. The van der Waals surface area contributed by atoms with Gasteiger partial charge < -0.3 is 20.1 Å². The molecule has 2 N–H and O–H groups in total. The van der Waals surface area contributed by atoms with Crippen LogP contribution in [0.5, 0.6) is 0 Å². The van der Waals surface area contributed by atoms with Crippen molar-refractivity contribution in [1.29, 1.82) is 0 Å². The quantitative estimate of drug-likeness (QED) is 0.680. The number of nitrogens with zero attached hydrogens (tertiary/aromatic N) is 1. The van der Waals surface area contributed by atoms with Crippen LogP contribution in [0.4, 0.5) is 0 Å². The molecule has 27 heavy (non-hydrogen) atoms. The van der Waals surface area contributed by atoms with Crippen molar-refractivity contribution >= 4 is 42.1 Å². The lowest BCUT2D eigenvalue weighted by Crippen LogP contribution is -2.52. The fourth-order valence-corrected chi connectivity index (χ4v) is 4.64. The molecule has 0 spiro atoms. The number of rotatable bonds is 7. The van der Waals surface area contributed by atoms with Crippen LogP contribution < -0.4 is 10.6 Å². The lowest BCUT2D eigenvalue weighted by atomic mass is 9.78. The van der Waals surface area contributed by atoms with Gasteiger partial charge >= 0.3 is 0 Å². The first-order valence-corrected chi connectivity index (χ1v) is 9.96. The summed E-state index contributed by atoms with van der Waals surface area (Å²) in [4.78, 5) is 16.7. The van der Waals surface area contributed by atoms with Crippen LogP contribution in [0.3, 0.4) is 0 Å². The van der Waals surface area contributed by atoms with Gasteiger partial charge in [0.1, 0.15) is 0 Å². The highest BCUT2D eigenvalue weighted by Gasteiger charge is 2.40. The van der Waals surface area contributed by atoms with Crippen LogP contribution >= 0.6 is 36.2 Å². The van der Waals surface area contributed by atoms with Crippen LogP contribution in [0, 0.1) is 5.41 Å². The molecule has 2 aliphatic rings. The zero-order valence-electron chi connectivity index (χ0n) is 15.8. The number of hydrogen-bond donors (Lipinski definition) is 2. The van der Waals surface area contributed by atoms with Crippen LogP contribution in [0.1, 0.15) is 23.8 Å². The van der Waals surface area contributed by atoms with Crippen molar-refractivity contribution in [3.05, 3.63) is 22.4 Å². The van der Waals surface area contributed by atoms with Gasteiger partial charge in [0.15, 0.2) is 0 Å². The van der Waals surface area contributed by atoms with Crippen molar-refractivity contribution in [3.8, 4) is 0 Å². The van der Waals surface area contributed by atoms with E-state index in [1.807, 2.05) is 0 Å². The smallest absolute Gasteiger partial charge is 0.228 e. The number of nitrogens with one attached hydrogen (secondary N) is 2. The van der Waals surface area contributed by atoms with Gasteiger partial charge in [-0.2, -0.15) is 0 Å². The fourth-order valence-electron chi connectivity index (χ4n) is 3.78. The van der Waals surface area contributed by atoms with Gasteiger partial charge in [-0.1, -0.05) is 6.07 Å². The van der Waals surface area contributed by atoms with Gasteiger partial charge in [-0.15, -0.1) is 36.2 Å². The van der Waals surface area contributed by atoms with Gasteiger partial charge in [-0.3, -0.25) is 9.69 Å². The molecule has 1 aromatic rings. The maximum atomic E-state index is 13.0. The molecule has 156 valence electrons. The Morgan fingerprint density at radius 1 is 1.37 bits per heavy atom. The summed E-state index contributed by atoms with van der Waals surface area (Å²) in [5.41, 5.74) is -0.398. The normalized spacial score (nSPS) is 20.8. The highest BCUT2D eigenvalue weighted by molar-refractivity contribution is 7.10. The fraction of sp³-hybridized carbons (Fsp3) is 0.722. The highest BCUT2D eigenvalue weighted by atomic mass is 35.5. The molecule has 1 atom stereocenters. The number of amides is 1. The van der Waals surface area contributed by atoms with Crippen molar-refractivity contribution in [2.75, 3.05) is 59.7 Å². The van der Waals surface area contributed by atoms with Crippen LogP contribution in [-0.4, -0.2) is 70.5 Å².